The molecule has 0 fully saturated rings. The molecule has 132 valence electrons. The maximum Gasteiger partial charge on any atom is 0.356 e. The molecule has 0 N–H and O–H groups in total. The van der Waals surface area contributed by atoms with Crippen LogP contribution in [0.4, 0.5) is 0 Å². The molecule has 0 radical (unpaired) electrons. The average molecular weight is 354 g/mol. The Morgan fingerprint density at radius 2 is 1.81 bits per heavy atom. The van der Waals surface area contributed by atoms with Gasteiger partial charge < -0.3 is 4.74 Å². The number of rotatable bonds is 4. The number of carbonyl (C=O) groups excluding carboxylic acids is 3. The van der Waals surface area contributed by atoms with Crippen LogP contribution < -0.4 is 0 Å². The van der Waals surface area contributed by atoms with E-state index in [2.05, 4.69) is 10.3 Å². The summed E-state index contributed by atoms with van der Waals surface area (Å²) >= 11 is 0. The van der Waals surface area contributed by atoms with Gasteiger partial charge in [0, 0.05) is 23.0 Å². The SMILES string of the molecule is CCOC(=O)c1cc2c(cn1)c1c3c(c2n1N=O)C(=O)N(C(C)C)C3=O. The van der Waals surface area contributed by atoms with Crippen molar-refractivity contribution in [2.24, 2.45) is 5.29 Å². The number of imide groups is 1. The molecule has 9 nitrogen and oxygen atoms in total. The Morgan fingerprint density at radius 3 is 2.35 bits per heavy atom. The molecule has 2 bridgehead atoms. The second kappa shape index (κ2) is 5.32. The molecule has 0 saturated carbocycles. The van der Waals surface area contributed by atoms with Gasteiger partial charge in [-0.05, 0) is 26.8 Å². The minimum atomic E-state index is -0.610. The van der Waals surface area contributed by atoms with E-state index in [9.17, 15) is 19.3 Å². The van der Waals surface area contributed by atoms with Crippen molar-refractivity contribution >= 4 is 39.6 Å². The van der Waals surface area contributed by atoms with Crippen LogP contribution in [0, 0.1) is 4.91 Å². The molecular formula is C17H14N4O5. The fourth-order valence-electron chi connectivity index (χ4n) is 3.51. The van der Waals surface area contributed by atoms with E-state index < -0.39 is 17.8 Å². The third-order valence-corrected chi connectivity index (χ3v) is 4.51. The highest BCUT2D eigenvalue weighted by Crippen LogP contribution is 2.43. The van der Waals surface area contributed by atoms with Crippen molar-refractivity contribution in [1.82, 2.24) is 14.6 Å². The number of benzene rings is 1. The minimum absolute atomic E-state index is 0.0525. The first-order valence-electron chi connectivity index (χ1n) is 8.10. The average Bonchev–Trinajstić information content (AvgIpc) is 3.19. The molecule has 2 amide bonds. The molecule has 9 heteroatoms. The molecule has 0 spiro atoms. The smallest absolute Gasteiger partial charge is 0.356 e. The highest BCUT2D eigenvalue weighted by atomic mass is 16.5. The van der Waals surface area contributed by atoms with Crippen LogP contribution in [-0.4, -0.2) is 45.0 Å². The first-order valence-corrected chi connectivity index (χ1v) is 8.10. The van der Waals surface area contributed by atoms with Crippen LogP contribution in [0.5, 0.6) is 0 Å². The molecule has 0 unspecified atom stereocenters. The van der Waals surface area contributed by atoms with Crippen molar-refractivity contribution in [3.63, 3.8) is 0 Å². The predicted octanol–water partition coefficient (Wildman–Crippen LogP) is 2.34. The Morgan fingerprint density at radius 1 is 1.19 bits per heavy atom. The fraction of sp³-hybridized carbons (Fsp3) is 0.294. The van der Waals surface area contributed by atoms with Crippen LogP contribution >= 0.6 is 0 Å². The molecule has 4 rings (SSSR count). The topological polar surface area (TPSA) is 111 Å². The summed E-state index contributed by atoms with van der Waals surface area (Å²) in [4.78, 5) is 54.0. The van der Waals surface area contributed by atoms with Crippen LogP contribution in [-0.2, 0) is 4.74 Å². The molecule has 0 saturated heterocycles. The standard InChI is InChI=1S/C17H14N4O5/c1-4-26-17(24)10-5-8-9(6-18-10)14-12-11(13(8)21(14)19-25)15(22)20(7(2)3)16(12)23/h5-7H,4H2,1-3H3. The summed E-state index contributed by atoms with van der Waals surface area (Å²) < 4.78 is 5.96. The zero-order valence-corrected chi connectivity index (χ0v) is 14.3. The first kappa shape index (κ1) is 16.1. The van der Waals surface area contributed by atoms with E-state index in [1.807, 2.05) is 0 Å². The maximum atomic E-state index is 12.8. The van der Waals surface area contributed by atoms with Gasteiger partial charge in [0.1, 0.15) is 5.69 Å². The number of esters is 1. The van der Waals surface area contributed by atoms with Crippen molar-refractivity contribution in [1.29, 1.82) is 0 Å². The number of pyridine rings is 1. The highest BCUT2D eigenvalue weighted by molar-refractivity contribution is 6.35. The Balaban J connectivity index is 2.04. The fourth-order valence-corrected chi connectivity index (χ4v) is 3.51. The summed E-state index contributed by atoms with van der Waals surface area (Å²) in [7, 11) is 0. The number of nitrogens with zero attached hydrogens (tertiary/aromatic N) is 4. The van der Waals surface area contributed by atoms with Gasteiger partial charge in [-0.1, -0.05) is 0 Å². The summed E-state index contributed by atoms with van der Waals surface area (Å²) in [6.07, 6.45) is 1.39. The summed E-state index contributed by atoms with van der Waals surface area (Å²) in [5.74, 6) is -1.54. The van der Waals surface area contributed by atoms with E-state index in [0.717, 1.165) is 9.58 Å². The van der Waals surface area contributed by atoms with Gasteiger partial charge in [0.15, 0.2) is 0 Å². The lowest BCUT2D eigenvalue weighted by molar-refractivity contribution is 0.0518. The number of nitroso groups, excluding NO2 is 1. The van der Waals surface area contributed by atoms with Crippen molar-refractivity contribution in [2.75, 3.05) is 6.61 Å². The van der Waals surface area contributed by atoms with Crippen LogP contribution in [0.25, 0.3) is 21.8 Å². The van der Waals surface area contributed by atoms with Gasteiger partial charge in [-0.15, -0.1) is 4.91 Å². The van der Waals surface area contributed by atoms with Crippen LogP contribution in [0.1, 0.15) is 52.0 Å². The minimum Gasteiger partial charge on any atom is -0.461 e. The molecule has 0 aliphatic carbocycles. The van der Waals surface area contributed by atoms with Gasteiger partial charge in [-0.25, -0.2) is 9.78 Å². The van der Waals surface area contributed by atoms with E-state index in [1.165, 1.54) is 12.3 Å². The van der Waals surface area contributed by atoms with E-state index in [-0.39, 0.29) is 40.5 Å². The van der Waals surface area contributed by atoms with Crippen LogP contribution in [0.3, 0.4) is 0 Å². The Labute approximate surface area is 146 Å². The maximum absolute atomic E-state index is 12.8. The zero-order valence-electron chi connectivity index (χ0n) is 14.3. The molecule has 1 aliphatic rings. The van der Waals surface area contributed by atoms with Gasteiger partial charge in [-0.2, -0.15) is 4.68 Å². The summed E-state index contributed by atoms with van der Waals surface area (Å²) in [6, 6.07) is 1.13. The van der Waals surface area contributed by atoms with E-state index >= 15 is 0 Å². The van der Waals surface area contributed by atoms with Gasteiger partial charge in [0.25, 0.3) is 11.8 Å². The number of amides is 2. The van der Waals surface area contributed by atoms with Crippen molar-refractivity contribution in [3.8, 4) is 0 Å². The predicted molar refractivity (Wildman–Crippen MR) is 91.2 cm³/mol. The first-order chi connectivity index (χ1) is 12.4. The van der Waals surface area contributed by atoms with Crippen molar-refractivity contribution in [3.05, 3.63) is 34.0 Å². The molecule has 4 heterocycles. The number of aromatic nitrogens is 2. The Hall–Kier alpha value is -3.36. The highest BCUT2D eigenvalue weighted by Gasteiger charge is 2.45. The van der Waals surface area contributed by atoms with Crippen molar-refractivity contribution in [2.45, 2.75) is 26.8 Å². The second-order valence-electron chi connectivity index (χ2n) is 6.25. The van der Waals surface area contributed by atoms with Crippen molar-refractivity contribution < 1.29 is 19.1 Å². The van der Waals surface area contributed by atoms with Gasteiger partial charge in [-0.3, -0.25) is 14.5 Å². The summed E-state index contributed by atoms with van der Waals surface area (Å²) in [5, 5.41) is 3.91. The Kier molecular flexibility index (Phi) is 3.30. The molecule has 3 aromatic heterocycles. The lowest BCUT2D eigenvalue weighted by Crippen LogP contribution is -2.36. The number of hydrogen-bond acceptors (Lipinski definition) is 7. The summed E-state index contributed by atoms with van der Waals surface area (Å²) in [5.41, 5.74) is 0.818. The van der Waals surface area contributed by atoms with E-state index in [4.69, 9.17) is 4.74 Å². The molecular weight excluding hydrogens is 340 g/mol. The third kappa shape index (κ3) is 1.79. The largest absolute Gasteiger partial charge is 0.461 e. The quantitative estimate of drug-likeness (QED) is 0.404. The van der Waals surface area contributed by atoms with E-state index in [1.54, 1.807) is 20.8 Å². The molecule has 0 aromatic carbocycles. The lowest BCUT2D eigenvalue weighted by Gasteiger charge is -2.18. The molecule has 0 atom stereocenters. The molecule has 1 aliphatic heterocycles. The molecule has 26 heavy (non-hydrogen) atoms. The van der Waals surface area contributed by atoms with Gasteiger partial charge in [0.05, 0.1) is 34.1 Å². The molecule has 3 aromatic rings. The van der Waals surface area contributed by atoms with E-state index in [0.29, 0.717) is 10.8 Å². The van der Waals surface area contributed by atoms with Gasteiger partial charge in [0.2, 0.25) is 0 Å². The number of carbonyl (C=O) groups is 3. The summed E-state index contributed by atoms with van der Waals surface area (Å²) in [6.45, 7) is 5.34. The lowest BCUT2D eigenvalue weighted by atomic mass is 10.0. The van der Waals surface area contributed by atoms with Crippen LogP contribution in [0.2, 0.25) is 0 Å². The van der Waals surface area contributed by atoms with Gasteiger partial charge >= 0.3 is 5.97 Å². The Bertz CT molecular complexity index is 1110. The normalized spacial score (nSPS) is 14.1. The second-order valence-corrected chi connectivity index (χ2v) is 6.25. The monoisotopic (exact) mass is 354 g/mol. The number of hydrogen-bond donors (Lipinski definition) is 0. The zero-order chi connectivity index (χ0) is 18.7. The number of ether oxygens (including phenoxy) is 1. The third-order valence-electron chi connectivity index (χ3n) is 4.51. The number of fused-ring (bicyclic) bond motifs is 8. The van der Waals surface area contributed by atoms with Crippen LogP contribution in [0.15, 0.2) is 17.5 Å².